The lowest BCUT2D eigenvalue weighted by Gasteiger charge is -2.11. The predicted octanol–water partition coefficient (Wildman–Crippen LogP) is 1.63. The maximum absolute atomic E-state index is 12.3. The van der Waals surface area contributed by atoms with Gasteiger partial charge in [-0.15, -0.1) is 11.3 Å². The van der Waals surface area contributed by atoms with Crippen LogP contribution in [0.1, 0.15) is 22.4 Å². The summed E-state index contributed by atoms with van der Waals surface area (Å²) in [4.78, 5) is 10.2. The Bertz CT molecular complexity index is 881. The highest BCUT2D eigenvalue weighted by molar-refractivity contribution is 7.89. The molecule has 0 atom stereocenters. The summed E-state index contributed by atoms with van der Waals surface area (Å²) in [5.41, 5.74) is 0.803. The smallest absolute Gasteiger partial charge is 0.240 e. The fourth-order valence-electron chi connectivity index (χ4n) is 2.33. The number of hydrogen-bond acceptors (Lipinski definition) is 6. The average Bonchev–Trinajstić information content (AvgIpc) is 3.09. The van der Waals surface area contributed by atoms with Gasteiger partial charge in [-0.05, 0) is 31.5 Å². The molecule has 3 N–H and O–H groups in total. The number of ether oxygens (including phenoxy) is 1. The van der Waals surface area contributed by atoms with Crippen molar-refractivity contribution in [2.24, 2.45) is 4.99 Å². The van der Waals surface area contributed by atoms with Crippen LogP contribution in [-0.2, 0) is 27.8 Å². The van der Waals surface area contributed by atoms with Gasteiger partial charge in [0, 0.05) is 31.3 Å². The third kappa shape index (κ3) is 7.19. The summed E-state index contributed by atoms with van der Waals surface area (Å²) in [7, 11) is -2.04. The van der Waals surface area contributed by atoms with Crippen molar-refractivity contribution >= 4 is 27.3 Å². The number of aryl methyl sites for hydroxylation is 1. The third-order valence-electron chi connectivity index (χ3n) is 3.65. The van der Waals surface area contributed by atoms with E-state index in [0.717, 1.165) is 22.0 Å². The van der Waals surface area contributed by atoms with Gasteiger partial charge < -0.3 is 15.4 Å². The number of aromatic nitrogens is 1. The van der Waals surface area contributed by atoms with Gasteiger partial charge in [0.05, 0.1) is 24.6 Å². The van der Waals surface area contributed by atoms with Gasteiger partial charge >= 0.3 is 0 Å². The number of sulfonamides is 1. The largest absolute Gasteiger partial charge is 0.383 e. The van der Waals surface area contributed by atoms with E-state index in [1.165, 1.54) is 7.11 Å². The molecule has 0 spiro atoms. The van der Waals surface area contributed by atoms with Crippen molar-refractivity contribution < 1.29 is 13.2 Å². The Morgan fingerprint density at radius 2 is 2.14 bits per heavy atom. The van der Waals surface area contributed by atoms with Crippen molar-refractivity contribution in [2.75, 3.05) is 26.8 Å². The molecule has 0 bridgehead atoms. The van der Waals surface area contributed by atoms with Crippen LogP contribution in [0.3, 0.4) is 0 Å². The molecule has 0 unspecified atom stereocenters. The molecule has 2 rings (SSSR count). The van der Waals surface area contributed by atoms with E-state index >= 15 is 0 Å². The van der Waals surface area contributed by atoms with E-state index in [2.05, 4.69) is 25.3 Å². The molecule has 0 saturated carbocycles. The summed E-state index contributed by atoms with van der Waals surface area (Å²) in [6.45, 7) is 6.22. The van der Waals surface area contributed by atoms with Gasteiger partial charge in [-0.3, -0.25) is 0 Å². The topological polar surface area (TPSA) is 105 Å². The number of aliphatic imine (C=N–C) groups is 1. The van der Waals surface area contributed by atoms with Crippen molar-refractivity contribution in [1.82, 2.24) is 20.3 Å². The Morgan fingerprint density at radius 1 is 1.32 bits per heavy atom. The van der Waals surface area contributed by atoms with Crippen molar-refractivity contribution in [2.45, 2.75) is 31.8 Å². The minimum absolute atomic E-state index is 0.215. The number of benzene rings is 1. The van der Waals surface area contributed by atoms with Crippen LogP contribution < -0.4 is 15.4 Å². The summed E-state index contributed by atoms with van der Waals surface area (Å²) in [5.74, 6) is 0.654. The van der Waals surface area contributed by atoms with Gasteiger partial charge in [-0.25, -0.2) is 23.1 Å². The molecule has 10 heteroatoms. The second kappa shape index (κ2) is 11.1. The van der Waals surface area contributed by atoms with E-state index in [1.54, 1.807) is 29.5 Å². The van der Waals surface area contributed by atoms with Gasteiger partial charge in [0.1, 0.15) is 5.01 Å². The highest BCUT2D eigenvalue weighted by Gasteiger charge is 2.13. The number of thiazole rings is 1. The summed E-state index contributed by atoms with van der Waals surface area (Å²) in [6, 6.07) is 6.77. The summed E-state index contributed by atoms with van der Waals surface area (Å²) in [6.07, 6.45) is 1.85. The Balaban J connectivity index is 2.03. The average molecular weight is 426 g/mol. The van der Waals surface area contributed by atoms with Crippen LogP contribution in [0.2, 0.25) is 0 Å². The molecule has 0 aliphatic carbocycles. The Labute approximate surface area is 170 Å². The summed E-state index contributed by atoms with van der Waals surface area (Å²) >= 11 is 1.64. The molecule has 1 aromatic carbocycles. The molecule has 154 valence electrons. The highest BCUT2D eigenvalue weighted by atomic mass is 32.2. The van der Waals surface area contributed by atoms with E-state index in [0.29, 0.717) is 25.7 Å². The Morgan fingerprint density at radius 3 is 2.82 bits per heavy atom. The van der Waals surface area contributed by atoms with Gasteiger partial charge in [0.25, 0.3) is 0 Å². The van der Waals surface area contributed by atoms with Crippen molar-refractivity contribution in [1.29, 1.82) is 0 Å². The first-order valence-electron chi connectivity index (χ1n) is 8.95. The minimum atomic E-state index is -3.56. The van der Waals surface area contributed by atoms with Crippen LogP contribution in [0.5, 0.6) is 0 Å². The van der Waals surface area contributed by atoms with E-state index in [-0.39, 0.29) is 11.4 Å². The minimum Gasteiger partial charge on any atom is -0.383 e. The van der Waals surface area contributed by atoms with Crippen LogP contribution in [0.4, 0.5) is 0 Å². The zero-order valence-corrected chi connectivity index (χ0v) is 18.0. The molecule has 1 heterocycles. The molecule has 0 fully saturated rings. The van der Waals surface area contributed by atoms with Crippen LogP contribution in [0, 0.1) is 6.92 Å². The van der Waals surface area contributed by atoms with Gasteiger partial charge in [-0.2, -0.15) is 0 Å². The molecule has 2 aromatic rings. The number of nitrogens with zero attached hydrogens (tertiary/aromatic N) is 2. The van der Waals surface area contributed by atoms with Gasteiger partial charge in [0.2, 0.25) is 10.0 Å². The first-order valence-corrected chi connectivity index (χ1v) is 11.3. The second-order valence-electron chi connectivity index (χ2n) is 5.95. The molecule has 8 nitrogen and oxygen atoms in total. The SMILES string of the molecule is CCNC(=NCc1cccc(S(=O)(=O)NCCOC)c1)NCc1ncc(C)s1. The lowest BCUT2D eigenvalue weighted by Crippen LogP contribution is -2.36. The predicted molar refractivity (Wildman–Crippen MR) is 112 cm³/mol. The normalized spacial score (nSPS) is 12.2. The lowest BCUT2D eigenvalue weighted by molar-refractivity contribution is 0.204. The molecule has 0 amide bonds. The van der Waals surface area contributed by atoms with Crippen molar-refractivity contribution in [3.05, 3.63) is 45.9 Å². The maximum atomic E-state index is 12.3. The maximum Gasteiger partial charge on any atom is 0.240 e. The second-order valence-corrected chi connectivity index (χ2v) is 9.04. The highest BCUT2D eigenvalue weighted by Crippen LogP contribution is 2.13. The zero-order valence-electron chi connectivity index (χ0n) is 16.4. The molecule has 1 aromatic heterocycles. The van der Waals surface area contributed by atoms with E-state index in [4.69, 9.17) is 4.74 Å². The fourth-order valence-corrected chi connectivity index (χ4v) is 4.14. The molecule has 0 aliphatic heterocycles. The standard InChI is InChI=1S/C18H27N5O3S2/c1-4-19-18(22-13-17-20-11-14(2)27-17)21-12-15-6-5-7-16(10-15)28(24,25)23-8-9-26-3/h5-7,10-11,23H,4,8-9,12-13H2,1-3H3,(H2,19,21,22). The number of hydrogen-bond donors (Lipinski definition) is 3. The molecular weight excluding hydrogens is 398 g/mol. The molecule has 0 radical (unpaired) electrons. The Kier molecular flexibility index (Phi) is 8.84. The number of nitrogens with one attached hydrogen (secondary N) is 3. The third-order valence-corrected chi connectivity index (χ3v) is 6.02. The van der Waals surface area contributed by atoms with Crippen molar-refractivity contribution in [3.8, 4) is 0 Å². The number of rotatable bonds is 10. The number of guanidine groups is 1. The van der Waals surface area contributed by atoms with Crippen LogP contribution in [0.15, 0.2) is 40.4 Å². The monoisotopic (exact) mass is 425 g/mol. The zero-order chi connectivity index (χ0) is 20.4. The van der Waals surface area contributed by atoms with Crippen LogP contribution in [0.25, 0.3) is 0 Å². The van der Waals surface area contributed by atoms with Crippen LogP contribution in [-0.4, -0.2) is 46.2 Å². The number of methoxy groups -OCH3 is 1. The first-order chi connectivity index (χ1) is 13.4. The quantitative estimate of drug-likeness (QED) is 0.304. The molecule has 0 aliphatic rings. The Hall–Kier alpha value is -2.01. The van der Waals surface area contributed by atoms with Crippen LogP contribution >= 0.6 is 11.3 Å². The van der Waals surface area contributed by atoms with Crippen molar-refractivity contribution in [3.63, 3.8) is 0 Å². The molecule has 0 saturated heterocycles. The van der Waals surface area contributed by atoms with Gasteiger partial charge in [0.15, 0.2) is 5.96 Å². The summed E-state index contributed by atoms with van der Waals surface area (Å²) in [5, 5.41) is 7.41. The fraction of sp³-hybridized carbons (Fsp3) is 0.444. The van der Waals surface area contributed by atoms with E-state index in [9.17, 15) is 8.42 Å². The van der Waals surface area contributed by atoms with E-state index < -0.39 is 10.0 Å². The molecule has 28 heavy (non-hydrogen) atoms. The van der Waals surface area contributed by atoms with E-state index in [1.807, 2.05) is 26.1 Å². The first kappa shape index (κ1) is 22.3. The summed E-state index contributed by atoms with van der Waals surface area (Å²) < 4.78 is 32.0. The molecular formula is C18H27N5O3S2. The van der Waals surface area contributed by atoms with Gasteiger partial charge in [-0.1, -0.05) is 12.1 Å². The lowest BCUT2D eigenvalue weighted by atomic mass is 10.2.